The molecule has 0 fully saturated rings. The van der Waals surface area contributed by atoms with Gasteiger partial charge in [0.05, 0.1) is 11.2 Å². The summed E-state index contributed by atoms with van der Waals surface area (Å²) in [6.07, 6.45) is 2.24. The summed E-state index contributed by atoms with van der Waals surface area (Å²) in [5.41, 5.74) is 8.36. The summed E-state index contributed by atoms with van der Waals surface area (Å²) in [6.45, 7) is 4.17. The number of carbonyl (C=O) groups excluding carboxylic acids is 2. The summed E-state index contributed by atoms with van der Waals surface area (Å²) in [5, 5.41) is 24.0. The molecule has 0 radical (unpaired) electrons. The van der Waals surface area contributed by atoms with Crippen molar-refractivity contribution in [2.75, 3.05) is 5.32 Å². The quantitative estimate of drug-likeness (QED) is 0.191. The molecule has 1 heterocycles. The maximum Gasteiger partial charge on any atom is 0.311 e. The number of nitrogens with one attached hydrogen (secondary N) is 3. The highest BCUT2D eigenvalue weighted by Crippen LogP contribution is 2.27. The van der Waals surface area contributed by atoms with Gasteiger partial charge in [-0.25, -0.2) is 0 Å². The fourth-order valence-corrected chi connectivity index (χ4v) is 3.93. The van der Waals surface area contributed by atoms with Crippen LogP contribution >= 0.6 is 0 Å². The largest absolute Gasteiger partial charge is 0.502 e. The minimum absolute atomic E-state index is 0.0181. The fourth-order valence-electron chi connectivity index (χ4n) is 3.93. The number of nitrogens with zero attached hydrogens (tertiary/aromatic N) is 1. The third-order valence-corrected chi connectivity index (χ3v) is 5.87. The number of hydrogen-bond donors (Lipinski definition) is 4. The molecule has 0 aliphatic rings. The second kappa shape index (κ2) is 11.3. The van der Waals surface area contributed by atoms with Gasteiger partial charge in [-0.3, -0.25) is 30.6 Å². The van der Waals surface area contributed by atoms with Gasteiger partial charge in [0.1, 0.15) is 0 Å². The smallest absolute Gasteiger partial charge is 0.311 e. The molecule has 0 aliphatic heterocycles. The Hall–Kier alpha value is -5.12. The van der Waals surface area contributed by atoms with Gasteiger partial charge in [-0.2, -0.15) is 0 Å². The number of amides is 2. The molecule has 4 aromatic rings. The number of aryl methyl sites for hydroxylation is 1. The Morgan fingerprint density at radius 3 is 2.34 bits per heavy atom. The van der Waals surface area contributed by atoms with Crippen LogP contribution in [-0.2, 0) is 6.42 Å². The Balaban J connectivity index is 1.37. The zero-order valence-electron chi connectivity index (χ0n) is 20.7. The Bertz CT molecular complexity index is 1460. The number of benzene rings is 3. The van der Waals surface area contributed by atoms with Crippen LogP contribution < -0.4 is 16.2 Å². The van der Waals surface area contributed by atoms with Gasteiger partial charge in [-0.1, -0.05) is 42.0 Å². The van der Waals surface area contributed by atoms with Crippen molar-refractivity contribution in [1.29, 1.82) is 0 Å². The standard InChI is InChI=1S/C28H26N4O6/c1-17-3-5-19(6-4-17)15-18(2)29-22-10-7-20(8-11-22)23-13-14-38-26(23)28(35)31-30-27(34)21-9-12-25(33)24(16-21)32(36)37/h3-14,16,18,29,33H,15H2,1-2H3,(H,30,34)(H,31,35). The molecule has 194 valence electrons. The van der Waals surface area contributed by atoms with Crippen molar-refractivity contribution in [3.63, 3.8) is 0 Å². The predicted molar refractivity (Wildman–Crippen MR) is 142 cm³/mol. The maximum absolute atomic E-state index is 12.7. The molecular weight excluding hydrogens is 488 g/mol. The third-order valence-electron chi connectivity index (χ3n) is 5.87. The molecular formula is C28H26N4O6. The van der Waals surface area contributed by atoms with Crippen LogP contribution in [0.15, 0.2) is 83.5 Å². The first-order valence-corrected chi connectivity index (χ1v) is 11.8. The van der Waals surface area contributed by atoms with E-state index in [0.717, 1.165) is 29.8 Å². The number of rotatable bonds is 8. The van der Waals surface area contributed by atoms with Crippen LogP contribution in [0.25, 0.3) is 11.1 Å². The van der Waals surface area contributed by atoms with Crippen molar-refractivity contribution in [3.05, 3.63) is 112 Å². The van der Waals surface area contributed by atoms with Crippen LogP contribution in [0.2, 0.25) is 0 Å². The van der Waals surface area contributed by atoms with Crippen molar-refractivity contribution >= 4 is 23.2 Å². The topological polar surface area (TPSA) is 147 Å². The van der Waals surface area contributed by atoms with E-state index in [1.807, 2.05) is 24.3 Å². The summed E-state index contributed by atoms with van der Waals surface area (Å²) in [4.78, 5) is 35.2. The number of nitro benzene ring substituents is 1. The van der Waals surface area contributed by atoms with Crippen LogP contribution in [0.3, 0.4) is 0 Å². The minimum Gasteiger partial charge on any atom is -0.502 e. The summed E-state index contributed by atoms with van der Waals surface area (Å²) in [6, 6.07) is 21.0. The molecule has 0 saturated heterocycles. The van der Waals surface area contributed by atoms with Crippen molar-refractivity contribution in [2.24, 2.45) is 0 Å². The highest BCUT2D eigenvalue weighted by atomic mass is 16.6. The molecule has 1 unspecified atom stereocenters. The molecule has 38 heavy (non-hydrogen) atoms. The normalized spacial score (nSPS) is 11.4. The zero-order chi connectivity index (χ0) is 27.2. The van der Waals surface area contributed by atoms with Crippen LogP contribution in [0, 0.1) is 17.0 Å². The first kappa shape index (κ1) is 26.0. The molecule has 1 aromatic heterocycles. The van der Waals surface area contributed by atoms with Gasteiger partial charge in [0.15, 0.2) is 5.75 Å². The summed E-state index contributed by atoms with van der Waals surface area (Å²) < 4.78 is 5.35. The molecule has 0 aliphatic carbocycles. The predicted octanol–water partition coefficient (Wildman–Crippen LogP) is 4.99. The first-order valence-electron chi connectivity index (χ1n) is 11.8. The molecule has 3 aromatic carbocycles. The van der Waals surface area contributed by atoms with E-state index < -0.39 is 28.2 Å². The molecule has 10 heteroatoms. The molecule has 4 rings (SSSR count). The summed E-state index contributed by atoms with van der Waals surface area (Å²) in [5.74, 6) is -2.10. The van der Waals surface area contributed by atoms with E-state index in [0.29, 0.717) is 5.56 Å². The van der Waals surface area contributed by atoms with Crippen molar-refractivity contribution in [1.82, 2.24) is 10.9 Å². The van der Waals surface area contributed by atoms with E-state index in [1.54, 1.807) is 6.07 Å². The number of hydrazine groups is 1. The van der Waals surface area contributed by atoms with E-state index in [-0.39, 0.29) is 17.4 Å². The number of phenolic OH excluding ortho intramolecular Hbond substituents is 1. The second-order valence-corrected chi connectivity index (χ2v) is 8.84. The molecule has 0 bridgehead atoms. The average Bonchev–Trinajstić information content (AvgIpc) is 3.39. The second-order valence-electron chi connectivity index (χ2n) is 8.84. The van der Waals surface area contributed by atoms with E-state index in [9.17, 15) is 24.8 Å². The average molecular weight is 515 g/mol. The molecule has 4 N–H and O–H groups in total. The molecule has 0 spiro atoms. The number of aromatic hydroxyl groups is 1. The molecule has 0 saturated carbocycles. The van der Waals surface area contributed by atoms with Crippen LogP contribution in [0.4, 0.5) is 11.4 Å². The van der Waals surface area contributed by atoms with Gasteiger partial charge in [0.25, 0.3) is 5.91 Å². The Morgan fingerprint density at radius 1 is 0.974 bits per heavy atom. The molecule has 10 nitrogen and oxygen atoms in total. The summed E-state index contributed by atoms with van der Waals surface area (Å²) >= 11 is 0. The lowest BCUT2D eigenvalue weighted by molar-refractivity contribution is -0.385. The number of carbonyl (C=O) groups is 2. The van der Waals surface area contributed by atoms with Crippen LogP contribution in [0.5, 0.6) is 5.75 Å². The zero-order valence-corrected chi connectivity index (χ0v) is 20.7. The van der Waals surface area contributed by atoms with Crippen molar-refractivity contribution < 1.29 is 24.0 Å². The molecule has 1 atom stereocenters. The minimum atomic E-state index is -0.814. The van der Waals surface area contributed by atoms with E-state index >= 15 is 0 Å². The monoisotopic (exact) mass is 514 g/mol. The number of phenols is 1. The number of nitro groups is 1. The van der Waals surface area contributed by atoms with Gasteiger partial charge in [-0.15, -0.1) is 0 Å². The van der Waals surface area contributed by atoms with Crippen molar-refractivity contribution in [2.45, 2.75) is 26.3 Å². The number of hydrogen-bond acceptors (Lipinski definition) is 7. The fraction of sp³-hybridized carbons (Fsp3) is 0.143. The number of furan rings is 1. The van der Waals surface area contributed by atoms with Crippen molar-refractivity contribution in [3.8, 4) is 16.9 Å². The lowest BCUT2D eigenvalue weighted by Gasteiger charge is -2.16. The lowest BCUT2D eigenvalue weighted by atomic mass is 10.0. The summed E-state index contributed by atoms with van der Waals surface area (Å²) in [7, 11) is 0. The van der Waals surface area contributed by atoms with Crippen LogP contribution in [0.1, 0.15) is 39.0 Å². The van der Waals surface area contributed by atoms with Gasteiger partial charge < -0.3 is 14.8 Å². The van der Waals surface area contributed by atoms with Gasteiger partial charge >= 0.3 is 11.6 Å². The van der Waals surface area contributed by atoms with E-state index in [1.165, 1.54) is 23.5 Å². The van der Waals surface area contributed by atoms with Crippen LogP contribution in [-0.4, -0.2) is 27.9 Å². The maximum atomic E-state index is 12.7. The van der Waals surface area contributed by atoms with Gasteiger partial charge in [0, 0.05) is 28.9 Å². The first-order chi connectivity index (χ1) is 18.2. The highest BCUT2D eigenvalue weighted by molar-refractivity contribution is 6.01. The Kier molecular flexibility index (Phi) is 7.72. The Labute approximate surface area is 218 Å². The lowest BCUT2D eigenvalue weighted by Crippen LogP contribution is -2.41. The Morgan fingerprint density at radius 2 is 1.66 bits per heavy atom. The highest BCUT2D eigenvalue weighted by Gasteiger charge is 2.20. The SMILES string of the molecule is Cc1ccc(CC(C)Nc2ccc(-c3ccoc3C(=O)NNC(=O)c3ccc(O)c([N+](=O)[O-])c3)cc2)cc1. The number of anilines is 1. The van der Waals surface area contributed by atoms with Gasteiger partial charge in [0.2, 0.25) is 5.76 Å². The van der Waals surface area contributed by atoms with Gasteiger partial charge in [-0.05, 0) is 61.7 Å². The van der Waals surface area contributed by atoms with E-state index in [4.69, 9.17) is 4.42 Å². The van der Waals surface area contributed by atoms with E-state index in [2.05, 4.69) is 54.3 Å². The third kappa shape index (κ3) is 6.16. The molecule has 2 amide bonds.